The summed E-state index contributed by atoms with van der Waals surface area (Å²) in [5.74, 6) is 0. The molecular formula is C67H44N2. The molecule has 14 rings (SSSR count). The van der Waals surface area contributed by atoms with Gasteiger partial charge in [-0.2, -0.15) is 0 Å². The molecule has 2 aliphatic rings. The van der Waals surface area contributed by atoms with Gasteiger partial charge in [0.2, 0.25) is 0 Å². The van der Waals surface area contributed by atoms with Crippen LogP contribution in [0.25, 0.3) is 83.1 Å². The van der Waals surface area contributed by atoms with E-state index in [-0.39, 0.29) is 0 Å². The van der Waals surface area contributed by atoms with Gasteiger partial charge in [0, 0.05) is 33.5 Å². The first-order valence-corrected chi connectivity index (χ1v) is 23.9. The molecule has 0 saturated carbocycles. The van der Waals surface area contributed by atoms with E-state index in [1.165, 1.54) is 99.7 Å². The summed E-state index contributed by atoms with van der Waals surface area (Å²) >= 11 is 0. The zero-order valence-corrected chi connectivity index (χ0v) is 37.8. The number of nitrogens with zero attached hydrogens (tertiary/aromatic N) is 2. The molecule has 0 unspecified atom stereocenters. The fourth-order valence-electron chi connectivity index (χ4n) is 11.9. The van der Waals surface area contributed by atoms with Crippen LogP contribution in [0.1, 0.15) is 22.3 Å². The molecule has 0 atom stereocenters. The third kappa shape index (κ3) is 5.92. The summed E-state index contributed by atoms with van der Waals surface area (Å²) in [5, 5.41) is 2.49. The lowest BCUT2D eigenvalue weighted by Gasteiger charge is -2.32. The van der Waals surface area contributed by atoms with E-state index >= 15 is 0 Å². The van der Waals surface area contributed by atoms with Crippen LogP contribution in [0.15, 0.2) is 267 Å². The molecule has 0 radical (unpaired) electrons. The average molecular weight is 877 g/mol. The monoisotopic (exact) mass is 876 g/mol. The third-order valence-corrected chi connectivity index (χ3v) is 14.8. The maximum absolute atomic E-state index is 2.48. The minimum atomic E-state index is -0.439. The lowest BCUT2D eigenvalue weighted by molar-refractivity contribution is 0.793. The van der Waals surface area contributed by atoms with Gasteiger partial charge in [-0.15, -0.1) is 0 Å². The van der Waals surface area contributed by atoms with E-state index in [4.69, 9.17) is 0 Å². The number of para-hydroxylation sites is 2. The minimum Gasteiger partial charge on any atom is -0.310 e. The molecule has 69 heavy (non-hydrogen) atoms. The number of aromatic nitrogens is 1. The number of benzene rings is 11. The molecular weight excluding hydrogens is 833 g/mol. The number of fused-ring (bicyclic) bond motifs is 13. The van der Waals surface area contributed by atoms with Crippen molar-refractivity contribution in [3.8, 4) is 61.3 Å². The maximum atomic E-state index is 2.48. The Labute approximate surface area is 402 Å². The fraction of sp³-hybridized carbons (Fsp3) is 0.0149. The van der Waals surface area contributed by atoms with Gasteiger partial charge in [-0.3, -0.25) is 0 Å². The summed E-state index contributed by atoms with van der Waals surface area (Å²) in [6, 6.07) is 98.4. The maximum Gasteiger partial charge on any atom is 0.0726 e. The molecule has 0 amide bonds. The number of hydrogen-bond acceptors (Lipinski definition) is 1. The van der Waals surface area contributed by atoms with Crippen LogP contribution in [-0.2, 0) is 5.41 Å². The summed E-state index contributed by atoms with van der Waals surface area (Å²) < 4.78 is 2.38. The van der Waals surface area contributed by atoms with Crippen LogP contribution in [0.2, 0.25) is 0 Å². The van der Waals surface area contributed by atoms with Crippen LogP contribution >= 0.6 is 0 Å². The van der Waals surface area contributed by atoms with Gasteiger partial charge in [-0.25, -0.2) is 0 Å². The van der Waals surface area contributed by atoms with Gasteiger partial charge in [0.15, 0.2) is 0 Å². The molecule has 0 bridgehead atoms. The molecule has 1 heterocycles. The highest BCUT2D eigenvalue weighted by Crippen LogP contribution is 2.63. The summed E-state index contributed by atoms with van der Waals surface area (Å²) in [6.45, 7) is 0. The van der Waals surface area contributed by atoms with E-state index in [0.717, 1.165) is 22.7 Å². The van der Waals surface area contributed by atoms with Crippen LogP contribution in [0, 0.1) is 0 Å². The Kier molecular flexibility index (Phi) is 8.84. The van der Waals surface area contributed by atoms with Gasteiger partial charge in [-0.1, -0.05) is 200 Å². The Bertz CT molecular complexity index is 3870. The first kappa shape index (κ1) is 39.2. The zero-order valence-electron chi connectivity index (χ0n) is 37.8. The number of anilines is 3. The standard InChI is InChI=1S/C67H44N2/c1-3-17-45(18-4-1)46-31-36-50(37-32-46)68(52-40-41-58-57-25-11-15-29-63(57)67(64(58)44-52)61-27-13-9-23-55(61)56-24-10-14-28-62(56)67)51-38-33-47(34-39-51)53-21-7-8-22-54(53)48-35-42-66-60(43-48)59-26-12-16-30-65(59)69(66)49-19-5-2-6-20-49/h1-44H. The molecule has 2 heteroatoms. The Balaban J connectivity index is 0.908. The van der Waals surface area contributed by atoms with E-state index in [9.17, 15) is 0 Å². The van der Waals surface area contributed by atoms with Gasteiger partial charge in [0.05, 0.1) is 16.4 Å². The summed E-state index contributed by atoms with van der Waals surface area (Å²) in [7, 11) is 0. The predicted molar refractivity (Wildman–Crippen MR) is 288 cm³/mol. The van der Waals surface area contributed by atoms with Crippen molar-refractivity contribution in [1.82, 2.24) is 4.57 Å². The van der Waals surface area contributed by atoms with E-state index < -0.39 is 5.41 Å². The molecule has 0 aliphatic heterocycles. The number of rotatable bonds is 7. The normalized spacial score (nSPS) is 12.8. The van der Waals surface area contributed by atoms with Crippen molar-refractivity contribution >= 4 is 38.9 Å². The molecule has 0 saturated heterocycles. The lowest BCUT2D eigenvalue weighted by Crippen LogP contribution is -2.26. The topological polar surface area (TPSA) is 8.17 Å². The smallest absolute Gasteiger partial charge is 0.0726 e. The van der Waals surface area contributed by atoms with Gasteiger partial charge in [-0.05, 0) is 145 Å². The van der Waals surface area contributed by atoms with Crippen molar-refractivity contribution in [1.29, 1.82) is 0 Å². The molecule has 11 aromatic carbocycles. The Morgan fingerprint density at radius 3 is 1.32 bits per heavy atom. The third-order valence-electron chi connectivity index (χ3n) is 14.8. The van der Waals surface area contributed by atoms with E-state index in [2.05, 4.69) is 276 Å². The van der Waals surface area contributed by atoms with Crippen molar-refractivity contribution < 1.29 is 0 Å². The zero-order chi connectivity index (χ0) is 45.5. The average Bonchev–Trinajstić information content (AvgIpc) is 4.03. The van der Waals surface area contributed by atoms with Crippen LogP contribution in [0.3, 0.4) is 0 Å². The van der Waals surface area contributed by atoms with Gasteiger partial charge in [0.25, 0.3) is 0 Å². The molecule has 1 spiro atoms. The second-order valence-corrected chi connectivity index (χ2v) is 18.4. The van der Waals surface area contributed by atoms with E-state index in [0.29, 0.717) is 0 Å². The Morgan fingerprint density at radius 1 is 0.261 bits per heavy atom. The van der Waals surface area contributed by atoms with Crippen molar-refractivity contribution in [2.24, 2.45) is 0 Å². The second kappa shape index (κ2) is 15.6. The first-order valence-electron chi connectivity index (χ1n) is 23.9. The molecule has 0 fully saturated rings. The minimum absolute atomic E-state index is 0.439. The SMILES string of the molecule is c1ccc(-c2ccc(N(c3ccc(-c4ccccc4-c4ccc5c(c4)c4ccccc4n5-c4ccccc4)cc3)c3ccc4c(c3)C3(c5ccccc5-c5ccccc53)c3ccccc3-4)cc2)cc1. The van der Waals surface area contributed by atoms with Crippen LogP contribution in [0.4, 0.5) is 17.1 Å². The molecule has 2 nitrogen and oxygen atoms in total. The van der Waals surface area contributed by atoms with Crippen molar-refractivity contribution in [3.63, 3.8) is 0 Å². The number of hydrogen-bond donors (Lipinski definition) is 0. The van der Waals surface area contributed by atoms with Gasteiger partial charge >= 0.3 is 0 Å². The fourth-order valence-corrected chi connectivity index (χ4v) is 11.9. The van der Waals surface area contributed by atoms with Gasteiger partial charge < -0.3 is 9.47 Å². The Morgan fingerprint density at radius 2 is 0.696 bits per heavy atom. The molecule has 1 aromatic heterocycles. The van der Waals surface area contributed by atoms with Crippen LogP contribution < -0.4 is 4.90 Å². The van der Waals surface area contributed by atoms with Crippen molar-refractivity contribution in [2.75, 3.05) is 4.90 Å². The van der Waals surface area contributed by atoms with Crippen molar-refractivity contribution in [2.45, 2.75) is 5.41 Å². The largest absolute Gasteiger partial charge is 0.310 e. The summed E-state index contributed by atoms with van der Waals surface area (Å²) in [6.07, 6.45) is 0. The highest BCUT2D eigenvalue weighted by molar-refractivity contribution is 6.11. The lowest BCUT2D eigenvalue weighted by atomic mass is 9.70. The van der Waals surface area contributed by atoms with E-state index in [1.807, 2.05) is 0 Å². The quantitative estimate of drug-likeness (QED) is 0.155. The predicted octanol–water partition coefficient (Wildman–Crippen LogP) is 17.6. The highest BCUT2D eigenvalue weighted by Gasteiger charge is 2.51. The first-order chi connectivity index (χ1) is 34.2. The van der Waals surface area contributed by atoms with Crippen molar-refractivity contribution in [3.05, 3.63) is 289 Å². The molecule has 0 N–H and O–H groups in total. The summed E-state index contributed by atoms with van der Waals surface area (Å²) in [4.78, 5) is 2.44. The van der Waals surface area contributed by atoms with E-state index in [1.54, 1.807) is 0 Å². The molecule has 12 aromatic rings. The summed E-state index contributed by atoms with van der Waals surface area (Å²) in [5.41, 5.74) is 24.2. The van der Waals surface area contributed by atoms with Crippen LogP contribution in [-0.4, -0.2) is 4.57 Å². The second-order valence-electron chi connectivity index (χ2n) is 18.4. The molecule has 322 valence electrons. The van der Waals surface area contributed by atoms with Crippen LogP contribution in [0.5, 0.6) is 0 Å². The molecule has 2 aliphatic carbocycles. The highest BCUT2D eigenvalue weighted by atomic mass is 15.1. The Hall–Kier alpha value is -8.98. The van der Waals surface area contributed by atoms with Gasteiger partial charge in [0.1, 0.15) is 0 Å².